The smallest absolute Gasteiger partial charge is 0.104 e. The van der Waals surface area contributed by atoms with Crippen molar-refractivity contribution in [3.05, 3.63) is 23.3 Å². The van der Waals surface area contributed by atoms with E-state index < -0.39 is 0 Å². The van der Waals surface area contributed by atoms with Crippen LogP contribution in [0.25, 0.3) is 0 Å². The van der Waals surface area contributed by atoms with Crippen molar-refractivity contribution in [1.82, 2.24) is 0 Å². The van der Waals surface area contributed by atoms with E-state index in [0.29, 0.717) is 25.0 Å². The van der Waals surface area contributed by atoms with Crippen molar-refractivity contribution >= 4 is 0 Å². The van der Waals surface area contributed by atoms with E-state index in [9.17, 15) is 0 Å². The second-order valence-electron chi connectivity index (χ2n) is 3.41. The summed E-state index contributed by atoms with van der Waals surface area (Å²) in [6.45, 7) is 1.39. The normalized spacial score (nSPS) is 40.0. The van der Waals surface area contributed by atoms with Crippen LogP contribution in [0.5, 0.6) is 0 Å². The van der Waals surface area contributed by atoms with Gasteiger partial charge in [-0.3, -0.25) is 0 Å². The minimum absolute atomic E-state index is 0.680. The molecule has 0 aromatic carbocycles. The van der Waals surface area contributed by atoms with E-state index in [1.165, 1.54) is 17.6 Å². The number of hydrogen-bond acceptors (Lipinski definition) is 2. The Morgan fingerprint density at radius 1 is 1.00 bits per heavy atom. The Morgan fingerprint density at radius 3 is 2.09 bits per heavy atom. The van der Waals surface area contributed by atoms with Crippen LogP contribution in [0.1, 0.15) is 6.42 Å². The maximum Gasteiger partial charge on any atom is 0.104 e. The zero-order valence-corrected chi connectivity index (χ0v) is 6.25. The highest BCUT2D eigenvalue weighted by molar-refractivity contribution is 5.38. The molecule has 0 radical (unpaired) electrons. The van der Waals surface area contributed by atoms with Gasteiger partial charge in [0, 0.05) is 11.8 Å². The molecule has 0 aromatic rings. The lowest BCUT2D eigenvalue weighted by molar-refractivity contribution is -0.289. The van der Waals surface area contributed by atoms with E-state index in [0.717, 1.165) is 0 Å². The van der Waals surface area contributed by atoms with Gasteiger partial charge in [0.05, 0.1) is 0 Å². The average Bonchev–Trinajstić information content (AvgIpc) is 2.64. The second-order valence-corrected chi connectivity index (χ2v) is 3.41. The van der Waals surface area contributed by atoms with Crippen LogP contribution in [0.3, 0.4) is 0 Å². The van der Waals surface area contributed by atoms with Crippen molar-refractivity contribution in [1.29, 1.82) is 0 Å². The fourth-order valence-corrected chi connectivity index (χ4v) is 2.30. The van der Waals surface area contributed by atoms with Crippen molar-refractivity contribution < 1.29 is 9.78 Å². The van der Waals surface area contributed by atoms with Gasteiger partial charge in [-0.15, -0.1) is 0 Å². The van der Waals surface area contributed by atoms with E-state index in [2.05, 4.69) is 12.2 Å². The summed E-state index contributed by atoms with van der Waals surface area (Å²) in [5.74, 6) is 1.36. The van der Waals surface area contributed by atoms with Crippen molar-refractivity contribution in [2.45, 2.75) is 6.42 Å². The molecule has 2 nitrogen and oxygen atoms in total. The molecule has 0 saturated carbocycles. The monoisotopic (exact) mass is 150 g/mol. The molecule has 1 aliphatic heterocycles. The molecule has 2 aliphatic carbocycles. The van der Waals surface area contributed by atoms with E-state index >= 15 is 0 Å². The number of hydrogen-bond donors (Lipinski definition) is 0. The molecule has 0 spiro atoms. The molecule has 1 heterocycles. The Labute approximate surface area is 65.4 Å². The molecule has 3 aliphatic rings. The van der Waals surface area contributed by atoms with Crippen LogP contribution in [0.4, 0.5) is 0 Å². The van der Waals surface area contributed by atoms with Crippen LogP contribution in [0, 0.1) is 11.8 Å². The van der Waals surface area contributed by atoms with Gasteiger partial charge in [0.1, 0.15) is 13.2 Å². The summed E-state index contributed by atoms with van der Waals surface area (Å²) in [7, 11) is 0. The first-order valence-electron chi connectivity index (χ1n) is 4.09. The van der Waals surface area contributed by atoms with Crippen molar-refractivity contribution in [3.8, 4) is 0 Å². The maximum atomic E-state index is 4.94. The fourth-order valence-electron chi connectivity index (χ4n) is 2.30. The highest BCUT2D eigenvalue weighted by Crippen LogP contribution is 2.45. The highest BCUT2D eigenvalue weighted by atomic mass is 17.2. The second kappa shape index (κ2) is 1.96. The van der Waals surface area contributed by atoms with Gasteiger partial charge >= 0.3 is 0 Å². The van der Waals surface area contributed by atoms with Gasteiger partial charge in [-0.25, -0.2) is 9.78 Å². The minimum Gasteiger partial charge on any atom is -0.232 e. The predicted molar refractivity (Wildman–Crippen MR) is 39.7 cm³/mol. The van der Waals surface area contributed by atoms with Crippen LogP contribution in [0.15, 0.2) is 23.3 Å². The quantitative estimate of drug-likeness (QED) is 0.384. The van der Waals surface area contributed by atoms with Gasteiger partial charge < -0.3 is 0 Å². The molecule has 0 saturated heterocycles. The molecular weight excluding hydrogens is 140 g/mol. The Kier molecular flexibility index (Phi) is 1.06. The van der Waals surface area contributed by atoms with E-state index in [1.807, 2.05) is 0 Å². The molecule has 0 N–H and O–H groups in total. The zero-order chi connectivity index (χ0) is 7.26. The Balaban J connectivity index is 2.03. The summed E-state index contributed by atoms with van der Waals surface area (Å²) in [5.41, 5.74) is 2.98. The van der Waals surface area contributed by atoms with Gasteiger partial charge in [0.25, 0.3) is 0 Å². The molecule has 58 valence electrons. The molecule has 11 heavy (non-hydrogen) atoms. The molecule has 0 aromatic heterocycles. The molecule has 2 bridgehead atoms. The molecule has 0 fully saturated rings. The lowest BCUT2D eigenvalue weighted by atomic mass is 9.98. The van der Waals surface area contributed by atoms with Crippen LogP contribution in [0.2, 0.25) is 0 Å². The van der Waals surface area contributed by atoms with Crippen molar-refractivity contribution in [3.63, 3.8) is 0 Å². The SMILES string of the molecule is C1=CC2CC1C1=C2COOC1. The van der Waals surface area contributed by atoms with Crippen LogP contribution >= 0.6 is 0 Å². The van der Waals surface area contributed by atoms with Crippen LogP contribution in [-0.2, 0) is 9.78 Å². The van der Waals surface area contributed by atoms with Gasteiger partial charge in [0.15, 0.2) is 0 Å². The first kappa shape index (κ1) is 5.98. The largest absolute Gasteiger partial charge is 0.232 e. The summed E-state index contributed by atoms with van der Waals surface area (Å²) in [4.78, 5) is 9.89. The summed E-state index contributed by atoms with van der Waals surface area (Å²) < 4.78 is 0. The van der Waals surface area contributed by atoms with E-state index in [4.69, 9.17) is 9.78 Å². The summed E-state index contributed by atoms with van der Waals surface area (Å²) in [5, 5.41) is 0. The molecular formula is C9H10O2. The van der Waals surface area contributed by atoms with Gasteiger partial charge in [0.2, 0.25) is 0 Å². The predicted octanol–water partition coefficient (Wildman–Crippen LogP) is 1.45. The molecule has 2 unspecified atom stereocenters. The first-order chi connectivity index (χ1) is 5.45. The molecule has 2 atom stereocenters. The third-order valence-electron chi connectivity index (χ3n) is 2.90. The lowest BCUT2D eigenvalue weighted by Crippen LogP contribution is -2.16. The van der Waals surface area contributed by atoms with Crippen molar-refractivity contribution in [2.75, 3.05) is 13.2 Å². The van der Waals surface area contributed by atoms with Crippen molar-refractivity contribution in [2.24, 2.45) is 11.8 Å². The number of allylic oxidation sites excluding steroid dienone is 2. The van der Waals surface area contributed by atoms with E-state index in [-0.39, 0.29) is 0 Å². The number of rotatable bonds is 0. The first-order valence-corrected chi connectivity index (χ1v) is 4.09. The zero-order valence-electron chi connectivity index (χ0n) is 6.25. The van der Waals surface area contributed by atoms with E-state index in [1.54, 1.807) is 0 Å². The molecule has 0 amide bonds. The third kappa shape index (κ3) is 0.686. The lowest BCUT2D eigenvalue weighted by Gasteiger charge is -2.20. The summed E-state index contributed by atoms with van der Waals surface area (Å²) in [6, 6.07) is 0. The topological polar surface area (TPSA) is 18.5 Å². The summed E-state index contributed by atoms with van der Waals surface area (Å²) in [6.07, 6.45) is 5.88. The minimum atomic E-state index is 0.680. The van der Waals surface area contributed by atoms with Crippen LogP contribution in [-0.4, -0.2) is 13.2 Å². The third-order valence-corrected chi connectivity index (χ3v) is 2.90. The Hall–Kier alpha value is -0.600. The van der Waals surface area contributed by atoms with Gasteiger partial charge in [-0.2, -0.15) is 0 Å². The number of fused-ring (bicyclic) bond motifs is 4. The maximum absolute atomic E-state index is 4.94. The average molecular weight is 150 g/mol. The molecule has 2 heteroatoms. The Bertz CT molecular complexity index is 228. The Morgan fingerprint density at radius 2 is 1.55 bits per heavy atom. The van der Waals surface area contributed by atoms with Crippen LogP contribution < -0.4 is 0 Å². The molecule has 3 rings (SSSR count). The van der Waals surface area contributed by atoms with Gasteiger partial charge in [-0.1, -0.05) is 12.2 Å². The van der Waals surface area contributed by atoms with Gasteiger partial charge in [-0.05, 0) is 17.6 Å². The standard InChI is InChI=1S/C9H10O2/c1-2-7-3-6(1)8-4-10-11-5-9(7)8/h1-2,6-7H,3-5H2. The highest BCUT2D eigenvalue weighted by Gasteiger charge is 2.36. The summed E-state index contributed by atoms with van der Waals surface area (Å²) >= 11 is 0. The fraction of sp³-hybridized carbons (Fsp3) is 0.556.